The highest BCUT2D eigenvalue weighted by Gasteiger charge is 2.43. The molecular formula is C40H80N2O4Si2. The van der Waals surface area contributed by atoms with Crippen LogP contribution in [-0.2, 0) is 18.3 Å². The summed E-state index contributed by atoms with van der Waals surface area (Å²) in [6.45, 7) is 34.4. The Morgan fingerprint density at radius 2 is 0.792 bits per heavy atom. The first-order valence-electron chi connectivity index (χ1n) is 19.7. The highest BCUT2D eigenvalue weighted by atomic mass is 28.4. The standard InChI is InChI=1S/C40H80N2O4Si2/c1-27(2)33-23-31(43-9)24-34(28(3)4)39(33)41-37(19-17-21-45-47(11,12)13)38(20-18-22-46-48(14,15)16)42-40-35(29(5)6)25-32(44-10)26-36(40)30(7)8/h27-36,39-40H,17-26H2,1-16H3. The Bertz CT molecular complexity index is 871. The molecule has 0 saturated heterocycles. The second-order valence-corrected chi connectivity index (χ2v) is 27.6. The number of ether oxygens (including phenoxy) is 2. The summed E-state index contributed by atoms with van der Waals surface area (Å²) in [6, 6.07) is 0.553. The molecule has 0 aromatic heterocycles. The van der Waals surface area contributed by atoms with Crippen LogP contribution in [0, 0.1) is 47.3 Å². The van der Waals surface area contributed by atoms with Crippen molar-refractivity contribution in [1.82, 2.24) is 0 Å². The van der Waals surface area contributed by atoms with Crippen molar-refractivity contribution in [1.29, 1.82) is 0 Å². The molecule has 0 amide bonds. The molecule has 2 rings (SSSR count). The van der Waals surface area contributed by atoms with Gasteiger partial charge in [-0.3, -0.25) is 9.98 Å². The van der Waals surface area contributed by atoms with Crippen LogP contribution in [0.5, 0.6) is 0 Å². The second kappa shape index (κ2) is 20.0. The molecule has 0 aliphatic heterocycles. The highest BCUT2D eigenvalue weighted by Crippen LogP contribution is 2.43. The lowest BCUT2D eigenvalue weighted by molar-refractivity contribution is -0.00456. The van der Waals surface area contributed by atoms with Crippen molar-refractivity contribution in [2.75, 3.05) is 27.4 Å². The maximum atomic E-state index is 6.40. The third-order valence-electron chi connectivity index (χ3n) is 11.1. The van der Waals surface area contributed by atoms with E-state index in [9.17, 15) is 0 Å². The number of hydrogen-bond donors (Lipinski definition) is 0. The van der Waals surface area contributed by atoms with Gasteiger partial charge in [0, 0.05) is 27.4 Å². The monoisotopic (exact) mass is 709 g/mol. The van der Waals surface area contributed by atoms with E-state index >= 15 is 0 Å². The smallest absolute Gasteiger partial charge is 0.183 e. The minimum absolute atomic E-state index is 0.277. The molecule has 0 spiro atoms. The summed E-state index contributed by atoms with van der Waals surface area (Å²) in [5.74, 6) is 4.13. The summed E-state index contributed by atoms with van der Waals surface area (Å²) < 4.78 is 24.9. The van der Waals surface area contributed by atoms with Crippen molar-refractivity contribution in [3.8, 4) is 0 Å². The lowest BCUT2D eigenvalue weighted by atomic mass is 9.67. The van der Waals surface area contributed by atoms with Gasteiger partial charge in [0.1, 0.15) is 0 Å². The molecule has 0 bridgehead atoms. The van der Waals surface area contributed by atoms with Crippen LogP contribution in [0.2, 0.25) is 39.3 Å². The van der Waals surface area contributed by atoms with Gasteiger partial charge in [-0.15, -0.1) is 0 Å². The van der Waals surface area contributed by atoms with Gasteiger partial charge >= 0.3 is 0 Å². The maximum Gasteiger partial charge on any atom is 0.183 e. The lowest BCUT2D eigenvalue weighted by Crippen LogP contribution is -2.45. The molecule has 282 valence electrons. The molecule has 4 atom stereocenters. The van der Waals surface area contributed by atoms with E-state index in [1.165, 1.54) is 11.4 Å². The summed E-state index contributed by atoms with van der Waals surface area (Å²) in [6.07, 6.45) is 8.76. The fraction of sp³-hybridized carbons (Fsp3) is 0.950. The van der Waals surface area contributed by atoms with Gasteiger partial charge in [-0.2, -0.15) is 0 Å². The molecule has 4 unspecified atom stereocenters. The molecule has 2 aliphatic carbocycles. The zero-order valence-corrected chi connectivity index (χ0v) is 36.5. The lowest BCUT2D eigenvalue weighted by Gasteiger charge is -2.44. The van der Waals surface area contributed by atoms with Gasteiger partial charge in [0.25, 0.3) is 0 Å². The van der Waals surface area contributed by atoms with E-state index in [2.05, 4.69) is 94.7 Å². The number of aliphatic imine (C=N–C) groups is 2. The van der Waals surface area contributed by atoms with Crippen molar-refractivity contribution < 1.29 is 18.3 Å². The Balaban J connectivity index is 2.73. The first-order chi connectivity index (χ1) is 22.3. The molecule has 2 aliphatic rings. The molecule has 0 heterocycles. The molecule has 6 nitrogen and oxygen atoms in total. The van der Waals surface area contributed by atoms with Crippen LogP contribution in [0.3, 0.4) is 0 Å². The molecule has 2 fully saturated rings. The Hall–Kier alpha value is -0.386. The van der Waals surface area contributed by atoms with Crippen LogP contribution >= 0.6 is 0 Å². The molecular weight excluding hydrogens is 629 g/mol. The normalized spacial score (nSPS) is 29.9. The van der Waals surface area contributed by atoms with Crippen molar-refractivity contribution >= 4 is 28.1 Å². The van der Waals surface area contributed by atoms with Gasteiger partial charge in [-0.05, 0) is 138 Å². The van der Waals surface area contributed by atoms with Gasteiger partial charge in [0.2, 0.25) is 0 Å². The van der Waals surface area contributed by atoms with Crippen LogP contribution in [-0.4, -0.2) is 79.8 Å². The fourth-order valence-corrected chi connectivity index (χ4v) is 9.71. The predicted molar refractivity (Wildman–Crippen MR) is 213 cm³/mol. The fourth-order valence-electron chi connectivity index (χ4n) is 8.20. The summed E-state index contributed by atoms with van der Waals surface area (Å²) >= 11 is 0. The van der Waals surface area contributed by atoms with Gasteiger partial charge in [0.15, 0.2) is 16.6 Å². The van der Waals surface area contributed by atoms with Crippen LogP contribution in [0.4, 0.5) is 0 Å². The summed E-state index contributed by atoms with van der Waals surface area (Å²) in [4.78, 5) is 11.9. The van der Waals surface area contributed by atoms with Crippen molar-refractivity contribution in [3.63, 3.8) is 0 Å². The van der Waals surface area contributed by atoms with E-state index in [-0.39, 0.29) is 12.1 Å². The molecule has 0 N–H and O–H groups in total. The van der Waals surface area contributed by atoms with E-state index in [1.54, 1.807) is 0 Å². The molecule has 0 radical (unpaired) electrons. The molecule has 2 saturated carbocycles. The van der Waals surface area contributed by atoms with E-state index in [0.717, 1.165) is 64.6 Å². The average Bonchev–Trinajstić information content (AvgIpc) is 2.98. The van der Waals surface area contributed by atoms with Crippen molar-refractivity contribution in [2.45, 2.75) is 170 Å². The Morgan fingerprint density at radius 3 is 1.00 bits per heavy atom. The molecule has 48 heavy (non-hydrogen) atoms. The Kier molecular flexibility index (Phi) is 18.3. The topological polar surface area (TPSA) is 61.6 Å². The van der Waals surface area contributed by atoms with E-state index < -0.39 is 16.6 Å². The highest BCUT2D eigenvalue weighted by molar-refractivity contribution is 6.70. The number of hydrogen-bond acceptors (Lipinski definition) is 6. The zero-order chi connectivity index (χ0) is 36.4. The molecule has 0 aromatic rings. The first-order valence-corrected chi connectivity index (χ1v) is 26.6. The van der Waals surface area contributed by atoms with Gasteiger partial charge < -0.3 is 18.3 Å². The minimum atomic E-state index is -1.60. The SMILES string of the molecule is COC1CC(C(C)C)C(N=C(CCCO[Si](C)(C)C)C(CCCO[Si](C)(C)C)=NC2C(C(C)C)CC(OC)CC2C(C)C)C(C(C)C)C1. The first kappa shape index (κ1) is 43.8. The minimum Gasteiger partial charge on any atom is -0.418 e. The Morgan fingerprint density at radius 1 is 0.521 bits per heavy atom. The third-order valence-corrected chi connectivity index (χ3v) is 13.3. The molecule has 8 heteroatoms. The summed E-state index contributed by atoms with van der Waals surface area (Å²) in [7, 11) is 0.588. The number of rotatable bonds is 19. The number of methoxy groups -OCH3 is 2. The predicted octanol–water partition coefficient (Wildman–Crippen LogP) is 10.6. The largest absolute Gasteiger partial charge is 0.418 e. The van der Waals surface area contributed by atoms with Crippen LogP contribution in [0.25, 0.3) is 0 Å². The van der Waals surface area contributed by atoms with E-state index in [1.807, 2.05) is 14.2 Å². The number of nitrogens with zero attached hydrogens (tertiary/aromatic N) is 2. The summed E-state index contributed by atoms with van der Waals surface area (Å²) in [5.41, 5.74) is 2.50. The van der Waals surface area contributed by atoms with E-state index in [0.29, 0.717) is 59.6 Å². The average molecular weight is 709 g/mol. The maximum absolute atomic E-state index is 6.40. The van der Waals surface area contributed by atoms with Crippen LogP contribution in [0.15, 0.2) is 9.98 Å². The van der Waals surface area contributed by atoms with Gasteiger partial charge in [-0.25, -0.2) is 0 Å². The second-order valence-electron chi connectivity index (χ2n) is 18.6. The van der Waals surface area contributed by atoms with Gasteiger partial charge in [0.05, 0.1) is 35.7 Å². The van der Waals surface area contributed by atoms with Crippen LogP contribution in [0.1, 0.15) is 107 Å². The van der Waals surface area contributed by atoms with Crippen molar-refractivity contribution in [3.05, 3.63) is 0 Å². The van der Waals surface area contributed by atoms with E-state index in [4.69, 9.17) is 28.3 Å². The van der Waals surface area contributed by atoms with Crippen LogP contribution < -0.4 is 0 Å². The van der Waals surface area contributed by atoms with Gasteiger partial charge in [-0.1, -0.05) is 55.4 Å². The quantitative estimate of drug-likeness (QED) is 0.0761. The van der Waals surface area contributed by atoms with Crippen molar-refractivity contribution in [2.24, 2.45) is 57.3 Å². The molecule has 0 aromatic carbocycles. The third kappa shape index (κ3) is 14.3. The summed E-state index contributed by atoms with van der Waals surface area (Å²) in [5, 5.41) is 0. The Labute approximate surface area is 300 Å². The zero-order valence-electron chi connectivity index (χ0n) is 34.5.